The van der Waals surface area contributed by atoms with Crippen LogP contribution in [0, 0.1) is 13.8 Å². The number of carbonyl (C=O) groups is 1. The van der Waals surface area contributed by atoms with Gasteiger partial charge in [0.2, 0.25) is 10.0 Å². The van der Waals surface area contributed by atoms with Crippen LogP contribution in [-0.2, 0) is 14.8 Å². The largest absolute Gasteiger partial charge is 0.478 e. The summed E-state index contributed by atoms with van der Waals surface area (Å²) < 4.78 is 32.9. The molecule has 2 N–H and O–H groups in total. The zero-order chi connectivity index (χ0) is 18.0. The van der Waals surface area contributed by atoms with Crippen molar-refractivity contribution < 1.29 is 17.9 Å². The molecule has 2 aromatic rings. The number of amides is 1. The molecular formula is C18H20N2O4S. The third kappa shape index (κ3) is 3.83. The number of nitrogens with one attached hydrogen (secondary N) is 2. The molecular weight excluding hydrogens is 340 g/mol. The number of hydrogen-bond acceptors (Lipinski definition) is 4. The first-order valence-electron chi connectivity index (χ1n) is 8.00. The van der Waals surface area contributed by atoms with E-state index < -0.39 is 16.1 Å². The molecule has 3 rings (SSSR count). The molecule has 0 saturated heterocycles. The molecule has 1 unspecified atom stereocenters. The maximum Gasteiger partial charge on any atom is 0.265 e. The van der Waals surface area contributed by atoms with Crippen molar-refractivity contribution in [2.45, 2.75) is 31.3 Å². The Balaban J connectivity index is 1.62. The molecule has 0 saturated carbocycles. The lowest BCUT2D eigenvalue weighted by Gasteiger charge is -2.25. The summed E-state index contributed by atoms with van der Waals surface area (Å²) in [7, 11) is -3.62. The second kappa shape index (κ2) is 6.85. The van der Waals surface area contributed by atoms with Gasteiger partial charge < -0.3 is 10.1 Å². The molecule has 1 heterocycles. The van der Waals surface area contributed by atoms with Gasteiger partial charge in [-0.15, -0.1) is 0 Å². The Kier molecular flexibility index (Phi) is 4.78. The van der Waals surface area contributed by atoms with E-state index in [1.54, 1.807) is 36.4 Å². The lowest BCUT2D eigenvalue weighted by atomic mass is 10.1. The van der Waals surface area contributed by atoms with Crippen molar-refractivity contribution in [2.24, 2.45) is 0 Å². The summed E-state index contributed by atoms with van der Waals surface area (Å²) in [5, 5.41) is 2.76. The zero-order valence-electron chi connectivity index (χ0n) is 14.1. The molecule has 0 bridgehead atoms. The summed E-state index contributed by atoms with van der Waals surface area (Å²) in [6.07, 6.45) is -0.484. The summed E-state index contributed by atoms with van der Waals surface area (Å²) in [6.45, 7) is 3.90. The van der Waals surface area contributed by atoms with Crippen LogP contribution in [0.2, 0.25) is 0 Å². The monoisotopic (exact) mass is 360 g/mol. The van der Waals surface area contributed by atoms with E-state index in [4.69, 9.17) is 4.74 Å². The van der Waals surface area contributed by atoms with Crippen molar-refractivity contribution in [3.05, 3.63) is 53.6 Å². The van der Waals surface area contributed by atoms with Crippen LogP contribution >= 0.6 is 0 Å². The fourth-order valence-electron chi connectivity index (χ4n) is 2.57. The van der Waals surface area contributed by atoms with Gasteiger partial charge in [-0.05, 0) is 49.2 Å². The smallest absolute Gasteiger partial charge is 0.265 e. The average molecular weight is 360 g/mol. The van der Waals surface area contributed by atoms with Crippen LogP contribution in [-0.4, -0.2) is 27.0 Å². The summed E-state index contributed by atoms with van der Waals surface area (Å²) in [4.78, 5) is 12.3. The van der Waals surface area contributed by atoms with Gasteiger partial charge in [0.05, 0.1) is 10.6 Å². The minimum atomic E-state index is -3.62. The number of benzene rings is 2. The minimum absolute atomic E-state index is 0.107. The Labute approximate surface area is 147 Å². The molecule has 0 aliphatic carbocycles. The van der Waals surface area contributed by atoms with Crippen molar-refractivity contribution >= 4 is 21.6 Å². The Morgan fingerprint density at radius 3 is 2.64 bits per heavy atom. The van der Waals surface area contributed by atoms with Gasteiger partial charge in [0.15, 0.2) is 6.10 Å². The van der Waals surface area contributed by atoms with Crippen LogP contribution in [0.25, 0.3) is 0 Å². The van der Waals surface area contributed by atoms with Crippen LogP contribution in [0.3, 0.4) is 0 Å². The molecule has 6 nitrogen and oxygen atoms in total. The molecule has 25 heavy (non-hydrogen) atoms. The number of carbonyl (C=O) groups excluding carboxylic acids is 1. The summed E-state index contributed by atoms with van der Waals surface area (Å²) in [6, 6.07) is 12.1. The Bertz CT molecular complexity index is 909. The predicted octanol–water partition coefficient (Wildman–Crippen LogP) is 2.37. The van der Waals surface area contributed by atoms with Crippen LogP contribution < -0.4 is 14.8 Å². The minimum Gasteiger partial charge on any atom is -0.478 e. The molecule has 1 atom stereocenters. The molecule has 0 fully saturated rings. The number of fused-ring (bicyclic) bond motifs is 1. The third-order valence-corrected chi connectivity index (χ3v) is 5.65. The van der Waals surface area contributed by atoms with Crippen LogP contribution in [0.5, 0.6) is 5.75 Å². The van der Waals surface area contributed by atoms with Crippen molar-refractivity contribution in [2.75, 3.05) is 11.9 Å². The standard InChI is InChI=1S/C18H20N2O4S/c1-12-7-8-14(11-13(12)2)25(22,23)19-10-9-17-18(21)20-15-5-3-4-6-16(15)24-17/h3-8,11,17,19H,9-10H2,1-2H3,(H,20,21). The predicted molar refractivity (Wildman–Crippen MR) is 95.2 cm³/mol. The van der Waals surface area contributed by atoms with Crippen LogP contribution in [0.1, 0.15) is 17.5 Å². The van der Waals surface area contributed by atoms with Crippen LogP contribution in [0.4, 0.5) is 5.69 Å². The van der Waals surface area contributed by atoms with E-state index in [-0.39, 0.29) is 23.8 Å². The fourth-order valence-corrected chi connectivity index (χ4v) is 3.70. The first-order valence-corrected chi connectivity index (χ1v) is 9.48. The lowest BCUT2D eigenvalue weighted by Crippen LogP contribution is -2.39. The highest BCUT2D eigenvalue weighted by molar-refractivity contribution is 7.89. The van der Waals surface area contributed by atoms with Crippen molar-refractivity contribution in [1.29, 1.82) is 0 Å². The highest BCUT2D eigenvalue weighted by atomic mass is 32.2. The molecule has 0 aromatic heterocycles. The topological polar surface area (TPSA) is 84.5 Å². The number of hydrogen-bond donors (Lipinski definition) is 2. The summed E-state index contributed by atoms with van der Waals surface area (Å²) in [5.41, 5.74) is 2.57. The number of sulfonamides is 1. The van der Waals surface area contributed by atoms with Gasteiger partial charge >= 0.3 is 0 Å². The van der Waals surface area contributed by atoms with E-state index in [1.165, 1.54) is 0 Å². The number of aryl methyl sites for hydroxylation is 2. The van der Waals surface area contributed by atoms with E-state index in [0.717, 1.165) is 11.1 Å². The maximum absolute atomic E-state index is 12.4. The highest BCUT2D eigenvalue weighted by Crippen LogP contribution is 2.29. The van der Waals surface area contributed by atoms with E-state index in [2.05, 4.69) is 10.0 Å². The van der Waals surface area contributed by atoms with Gasteiger partial charge in [-0.3, -0.25) is 4.79 Å². The van der Waals surface area contributed by atoms with Gasteiger partial charge in [0.1, 0.15) is 5.75 Å². The van der Waals surface area contributed by atoms with Gasteiger partial charge in [-0.2, -0.15) is 0 Å². The van der Waals surface area contributed by atoms with Crippen LogP contribution in [0.15, 0.2) is 47.4 Å². The lowest BCUT2D eigenvalue weighted by molar-refractivity contribution is -0.123. The molecule has 132 valence electrons. The van der Waals surface area contributed by atoms with Gasteiger partial charge in [0.25, 0.3) is 5.91 Å². The van der Waals surface area contributed by atoms with E-state index in [9.17, 15) is 13.2 Å². The van der Waals surface area contributed by atoms with E-state index in [1.807, 2.05) is 19.9 Å². The summed E-state index contributed by atoms with van der Waals surface area (Å²) in [5.74, 6) is 0.313. The molecule has 1 aliphatic rings. The number of ether oxygens (including phenoxy) is 1. The Morgan fingerprint density at radius 2 is 1.88 bits per heavy atom. The second-order valence-corrected chi connectivity index (χ2v) is 7.79. The maximum atomic E-state index is 12.4. The Morgan fingerprint density at radius 1 is 1.12 bits per heavy atom. The van der Waals surface area contributed by atoms with Crippen molar-refractivity contribution in [3.8, 4) is 5.75 Å². The second-order valence-electron chi connectivity index (χ2n) is 6.02. The number of anilines is 1. The average Bonchev–Trinajstić information content (AvgIpc) is 2.57. The third-order valence-electron chi connectivity index (χ3n) is 4.19. The fraction of sp³-hybridized carbons (Fsp3) is 0.278. The van der Waals surface area contributed by atoms with E-state index >= 15 is 0 Å². The first-order chi connectivity index (χ1) is 11.9. The van der Waals surface area contributed by atoms with Gasteiger partial charge in [0, 0.05) is 13.0 Å². The molecule has 2 aromatic carbocycles. The molecule has 1 aliphatic heterocycles. The first kappa shape index (κ1) is 17.4. The van der Waals surface area contributed by atoms with Gasteiger partial charge in [-0.1, -0.05) is 18.2 Å². The highest BCUT2D eigenvalue weighted by Gasteiger charge is 2.27. The molecule has 0 radical (unpaired) electrons. The quantitative estimate of drug-likeness (QED) is 0.857. The molecule has 7 heteroatoms. The van der Waals surface area contributed by atoms with Crippen molar-refractivity contribution in [1.82, 2.24) is 4.72 Å². The number of rotatable bonds is 5. The molecule has 0 spiro atoms. The Hall–Kier alpha value is -2.38. The SMILES string of the molecule is Cc1ccc(S(=O)(=O)NCCC2Oc3ccccc3NC2=O)cc1C. The molecule has 1 amide bonds. The summed E-state index contributed by atoms with van der Waals surface area (Å²) >= 11 is 0. The van der Waals surface area contributed by atoms with E-state index in [0.29, 0.717) is 11.4 Å². The van der Waals surface area contributed by atoms with Gasteiger partial charge in [-0.25, -0.2) is 13.1 Å². The normalized spacial score (nSPS) is 16.7. The van der Waals surface area contributed by atoms with Crippen molar-refractivity contribution in [3.63, 3.8) is 0 Å². The zero-order valence-corrected chi connectivity index (χ0v) is 14.9. The number of para-hydroxylation sites is 2.